The molecule has 0 N–H and O–H groups in total. The minimum Gasteiger partial charge on any atom is -0.344 e. The maximum absolute atomic E-state index is 13.8. The van der Waals surface area contributed by atoms with Crippen LogP contribution in [0.25, 0.3) is 28.0 Å². The van der Waals surface area contributed by atoms with Crippen LogP contribution >= 0.6 is 0 Å². The van der Waals surface area contributed by atoms with Crippen LogP contribution in [0.4, 0.5) is 13.2 Å². The Labute approximate surface area is 201 Å². The van der Waals surface area contributed by atoms with E-state index in [0.29, 0.717) is 36.8 Å². The number of rotatable bonds is 3. The van der Waals surface area contributed by atoms with Gasteiger partial charge in [-0.15, -0.1) is 0 Å². The number of imidazole rings is 1. The zero-order valence-corrected chi connectivity index (χ0v) is 18.6. The van der Waals surface area contributed by atoms with E-state index in [1.165, 1.54) is 23.4 Å². The van der Waals surface area contributed by atoms with E-state index in [4.69, 9.17) is 4.52 Å². The Morgan fingerprint density at radius 2 is 1.83 bits per heavy atom. The number of amides is 1. The van der Waals surface area contributed by atoms with Gasteiger partial charge in [-0.25, -0.2) is 4.98 Å². The Morgan fingerprint density at radius 1 is 1.06 bits per heavy atom. The van der Waals surface area contributed by atoms with Crippen molar-refractivity contribution >= 4 is 16.7 Å². The lowest BCUT2D eigenvalue weighted by atomic mass is 9.96. The van der Waals surface area contributed by atoms with Gasteiger partial charge in [0.1, 0.15) is 18.6 Å². The summed E-state index contributed by atoms with van der Waals surface area (Å²) >= 11 is 0. The Balaban J connectivity index is 1.31. The fourth-order valence-corrected chi connectivity index (χ4v) is 5.10. The molecular weight excluding hydrogens is 473 g/mol. The molecule has 36 heavy (non-hydrogen) atoms. The van der Waals surface area contributed by atoms with Crippen molar-refractivity contribution in [2.75, 3.05) is 6.54 Å². The van der Waals surface area contributed by atoms with Crippen molar-refractivity contribution in [3.8, 4) is 17.2 Å². The number of nitrogens with zero attached hydrogens (tertiary/aromatic N) is 6. The fraction of sp³-hybridized carbons (Fsp3) is 0.200. The van der Waals surface area contributed by atoms with E-state index in [1.54, 1.807) is 4.57 Å². The molecule has 2 aromatic carbocycles. The first kappa shape index (κ1) is 20.9. The summed E-state index contributed by atoms with van der Waals surface area (Å²) in [7, 11) is 0. The van der Waals surface area contributed by atoms with Gasteiger partial charge in [-0.1, -0.05) is 35.5 Å². The molecule has 0 bridgehead atoms. The highest BCUT2D eigenvalue weighted by Crippen LogP contribution is 2.45. The summed E-state index contributed by atoms with van der Waals surface area (Å²) in [6, 6.07) is 11.3. The molecule has 7 rings (SSSR count). The van der Waals surface area contributed by atoms with Crippen LogP contribution in [-0.2, 0) is 12.7 Å². The normalized spacial score (nSPS) is 16.9. The molecule has 0 radical (unpaired) electrons. The molecule has 5 aromatic rings. The molecule has 11 heteroatoms. The molecule has 0 saturated carbocycles. The Hall–Kier alpha value is -4.41. The summed E-state index contributed by atoms with van der Waals surface area (Å²) in [6.07, 6.45) is 1.32. The monoisotopic (exact) mass is 490 g/mol. The number of aromatic nitrogens is 5. The van der Waals surface area contributed by atoms with Crippen molar-refractivity contribution in [2.45, 2.75) is 25.2 Å². The SMILES string of the molecule is O=C1c2c(cccc2C(F)(F)F)-n2cnc(-c3noc(Cn4cc5ccccc5c4)n3)c2[C@@H]2CCN12. The van der Waals surface area contributed by atoms with Crippen molar-refractivity contribution in [3.63, 3.8) is 0 Å². The third-order valence-corrected chi connectivity index (χ3v) is 6.83. The van der Waals surface area contributed by atoms with Crippen molar-refractivity contribution < 1.29 is 22.5 Å². The number of carbonyl (C=O) groups excluding carboxylic acids is 1. The Morgan fingerprint density at radius 3 is 2.53 bits per heavy atom. The van der Waals surface area contributed by atoms with Crippen molar-refractivity contribution in [1.82, 2.24) is 29.2 Å². The zero-order valence-electron chi connectivity index (χ0n) is 18.6. The number of alkyl halides is 3. The lowest BCUT2D eigenvalue weighted by molar-refractivity contribution is -0.138. The molecular formula is C25H17F3N6O2. The van der Waals surface area contributed by atoms with Gasteiger partial charge >= 0.3 is 6.18 Å². The Bertz CT molecular complexity index is 1630. The van der Waals surface area contributed by atoms with Gasteiger partial charge in [0.15, 0.2) is 0 Å². The first-order chi connectivity index (χ1) is 17.4. The topological polar surface area (TPSA) is 82.0 Å². The van der Waals surface area contributed by atoms with Gasteiger partial charge in [0.05, 0.1) is 28.6 Å². The van der Waals surface area contributed by atoms with Gasteiger partial charge in [0.25, 0.3) is 5.91 Å². The fourth-order valence-electron chi connectivity index (χ4n) is 5.10. The highest BCUT2D eigenvalue weighted by molar-refractivity contribution is 6.01. The molecule has 0 unspecified atom stereocenters. The number of carbonyl (C=O) groups is 1. The van der Waals surface area contributed by atoms with Crippen LogP contribution in [0.2, 0.25) is 0 Å². The smallest absolute Gasteiger partial charge is 0.344 e. The second kappa shape index (κ2) is 7.30. The molecule has 180 valence electrons. The van der Waals surface area contributed by atoms with E-state index in [9.17, 15) is 18.0 Å². The van der Waals surface area contributed by atoms with Gasteiger partial charge in [-0.3, -0.25) is 9.36 Å². The number of halogens is 3. The maximum atomic E-state index is 13.8. The first-order valence-corrected chi connectivity index (χ1v) is 11.3. The van der Waals surface area contributed by atoms with Crippen molar-refractivity contribution in [3.05, 3.63) is 83.9 Å². The molecule has 1 atom stereocenters. The van der Waals surface area contributed by atoms with Crippen LogP contribution in [0.15, 0.2) is 65.7 Å². The molecule has 0 aliphatic carbocycles. The summed E-state index contributed by atoms with van der Waals surface area (Å²) in [4.78, 5) is 23.6. The van der Waals surface area contributed by atoms with E-state index in [1.807, 2.05) is 41.2 Å². The molecule has 3 aromatic heterocycles. The summed E-state index contributed by atoms with van der Waals surface area (Å²) in [5, 5.41) is 6.28. The number of hydrogen-bond donors (Lipinski definition) is 0. The molecule has 1 saturated heterocycles. The van der Waals surface area contributed by atoms with Crippen molar-refractivity contribution in [1.29, 1.82) is 0 Å². The summed E-state index contributed by atoms with van der Waals surface area (Å²) in [5.41, 5.74) is -0.228. The number of benzene rings is 2. The number of hydrogen-bond acceptors (Lipinski definition) is 5. The predicted octanol–water partition coefficient (Wildman–Crippen LogP) is 4.84. The second-order valence-corrected chi connectivity index (χ2v) is 8.92. The van der Waals surface area contributed by atoms with E-state index < -0.39 is 23.7 Å². The minimum atomic E-state index is -4.67. The van der Waals surface area contributed by atoms with E-state index in [2.05, 4.69) is 15.1 Å². The number of fused-ring (bicyclic) bond motifs is 6. The van der Waals surface area contributed by atoms with Crippen LogP contribution in [0.1, 0.15) is 40.0 Å². The van der Waals surface area contributed by atoms with Crippen LogP contribution in [0.3, 0.4) is 0 Å². The average Bonchev–Trinajstić information content (AvgIpc) is 3.54. The highest BCUT2D eigenvalue weighted by Gasteiger charge is 2.46. The van der Waals surface area contributed by atoms with Gasteiger partial charge in [-0.05, 0) is 29.3 Å². The standard InChI is InChI=1S/C25H17F3N6O2/c26-25(27,28)16-6-3-7-17-20(16)24(35)33-9-8-18(33)22-21(29-13-34(17)22)23-30-19(36-31-23)12-32-10-14-4-1-2-5-15(14)11-32/h1-7,10-11,13,18H,8-9,12H2/t18-/m0/s1. The van der Waals surface area contributed by atoms with E-state index >= 15 is 0 Å². The van der Waals surface area contributed by atoms with Gasteiger partial charge in [-0.2, -0.15) is 18.2 Å². The van der Waals surface area contributed by atoms with Gasteiger partial charge in [0.2, 0.25) is 11.7 Å². The van der Waals surface area contributed by atoms with E-state index in [-0.39, 0.29) is 17.1 Å². The van der Waals surface area contributed by atoms with Crippen LogP contribution in [0.5, 0.6) is 0 Å². The van der Waals surface area contributed by atoms with Gasteiger partial charge < -0.3 is 14.0 Å². The van der Waals surface area contributed by atoms with Gasteiger partial charge in [0, 0.05) is 18.9 Å². The van der Waals surface area contributed by atoms with Crippen LogP contribution < -0.4 is 0 Å². The Kier molecular flexibility index (Phi) is 4.24. The molecule has 2 aliphatic rings. The third kappa shape index (κ3) is 3.01. The molecule has 1 fully saturated rings. The summed E-state index contributed by atoms with van der Waals surface area (Å²) in [5.74, 6) is -0.0514. The van der Waals surface area contributed by atoms with Crippen molar-refractivity contribution in [2.24, 2.45) is 0 Å². The molecule has 8 nitrogen and oxygen atoms in total. The summed E-state index contributed by atoms with van der Waals surface area (Å²) in [6.45, 7) is 0.710. The molecule has 5 heterocycles. The molecule has 1 amide bonds. The molecule has 2 aliphatic heterocycles. The quantitative estimate of drug-likeness (QED) is 0.361. The van der Waals surface area contributed by atoms with Crippen LogP contribution in [0, 0.1) is 0 Å². The lowest BCUT2D eigenvalue weighted by Gasteiger charge is -2.40. The largest absolute Gasteiger partial charge is 0.417 e. The summed E-state index contributed by atoms with van der Waals surface area (Å²) < 4.78 is 50.3. The maximum Gasteiger partial charge on any atom is 0.417 e. The average molecular weight is 490 g/mol. The first-order valence-electron chi connectivity index (χ1n) is 11.3. The molecule has 0 spiro atoms. The minimum absolute atomic E-state index is 0.140. The zero-order chi connectivity index (χ0) is 24.6. The lowest BCUT2D eigenvalue weighted by Crippen LogP contribution is -2.45. The van der Waals surface area contributed by atoms with E-state index in [0.717, 1.165) is 16.8 Å². The second-order valence-electron chi connectivity index (χ2n) is 8.92. The van der Waals surface area contributed by atoms with Crippen LogP contribution in [-0.4, -0.2) is 41.6 Å². The predicted molar refractivity (Wildman–Crippen MR) is 121 cm³/mol. The highest BCUT2D eigenvalue weighted by atomic mass is 19.4. The third-order valence-electron chi connectivity index (χ3n) is 6.83.